The molecule has 1 atom stereocenters. The second-order valence-corrected chi connectivity index (χ2v) is 3.64. The average molecular weight is 240 g/mol. The normalized spacial score (nSPS) is 18.5. The van der Waals surface area contributed by atoms with Gasteiger partial charge in [-0.05, 0) is 6.07 Å². The summed E-state index contributed by atoms with van der Waals surface area (Å²) in [6, 6.07) is 2.09. The van der Waals surface area contributed by atoms with E-state index in [1.807, 2.05) is 0 Å². The molecule has 1 heterocycles. The van der Waals surface area contributed by atoms with Crippen LogP contribution in [0, 0.1) is 5.82 Å². The maximum absolute atomic E-state index is 13.8. The van der Waals surface area contributed by atoms with Crippen LogP contribution >= 0.6 is 0 Å². The van der Waals surface area contributed by atoms with Crippen LogP contribution in [0.15, 0.2) is 12.1 Å². The number of hydrogen-bond donors (Lipinski definition) is 2. The van der Waals surface area contributed by atoms with Crippen molar-refractivity contribution in [3.05, 3.63) is 23.5 Å². The Labute approximate surface area is 97.9 Å². The van der Waals surface area contributed by atoms with Crippen LogP contribution in [0.2, 0.25) is 0 Å². The number of nitrogens with one attached hydrogen (secondary N) is 2. The van der Waals surface area contributed by atoms with Gasteiger partial charge in [0.1, 0.15) is 5.82 Å². The van der Waals surface area contributed by atoms with Gasteiger partial charge in [-0.1, -0.05) is 0 Å². The van der Waals surface area contributed by atoms with Gasteiger partial charge < -0.3 is 20.1 Å². The van der Waals surface area contributed by atoms with E-state index in [4.69, 9.17) is 9.47 Å². The number of halogens is 1. The van der Waals surface area contributed by atoms with Crippen molar-refractivity contribution >= 4 is 6.03 Å². The van der Waals surface area contributed by atoms with Gasteiger partial charge >= 0.3 is 6.03 Å². The Morgan fingerprint density at radius 1 is 1.29 bits per heavy atom. The molecule has 5 nitrogen and oxygen atoms in total. The number of carbonyl (C=O) groups is 1. The topological polar surface area (TPSA) is 59.6 Å². The summed E-state index contributed by atoms with van der Waals surface area (Å²) in [5.41, 5.74) is 0.376. The highest BCUT2D eigenvalue weighted by atomic mass is 19.1. The average Bonchev–Trinajstić information content (AvgIpc) is 2.75. The molecule has 1 fully saturated rings. The fourth-order valence-corrected chi connectivity index (χ4v) is 1.78. The minimum Gasteiger partial charge on any atom is -0.493 e. The lowest BCUT2D eigenvalue weighted by atomic mass is 10.1. The molecule has 1 aliphatic rings. The van der Waals surface area contributed by atoms with Crippen molar-refractivity contribution in [2.45, 2.75) is 6.04 Å². The number of urea groups is 1. The van der Waals surface area contributed by atoms with E-state index in [2.05, 4.69) is 10.6 Å². The van der Waals surface area contributed by atoms with Crippen LogP contribution in [0.25, 0.3) is 0 Å². The molecule has 1 saturated heterocycles. The lowest BCUT2D eigenvalue weighted by Gasteiger charge is -2.14. The highest BCUT2D eigenvalue weighted by Gasteiger charge is 2.25. The molecule has 2 N–H and O–H groups in total. The van der Waals surface area contributed by atoms with E-state index < -0.39 is 5.82 Å². The van der Waals surface area contributed by atoms with Gasteiger partial charge in [-0.2, -0.15) is 0 Å². The Morgan fingerprint density at radius 3 is 2.47 bits per heavy atom. The van der Waals surface area contributed by atoms with Crippen LogP contribution in [-0.2, 0) is 0 Å². The van der Waals surface area contributed by atoms with Crippen molar-refractivity contribution in [1.82, 2.24) is 10.6 Å². The molecule has 0 unspecified atom stereocenters. The molecular weight excluding hydrogens is 227 g/mol. The standard InChI is InChI=1S/C11H13FN2O3/c1-16-9-3-6(7(12)4-10(9)17-2)8-5-13-11(15)14-8/h3-4,8H,5H2,1-2H3,(H2,13,14,15)/t8-/m0/s1. The van der Waals surface area contributed by atoms with Gasteiger partial charge in [0.2, 0.25) is 0 Å². The maximum atomic E-state index is 13.8. The molecule has 6 heteroatoms. The van der Waals surface area contributed by atoms with Crippen molar-refractivity contribution in [3.8, 4) is 11.5 Å². The van der Waals surface area contributed by atoms with Crippen molar-refractivity contribution in [2.24, 2.45) is 0 Å². The van der Waals surface area contributed by atoms with Crippen molar-refractivity contribution in [1.29, 1.82) is 0 Å². The lowest BCUT2D eigenvalue weighted by Crippen LogP contribution is -2.22. The first-order valence-corrected chi connectivity index (χ1v) is 5.11. The van der Waals surface area contributed by atoms with Gasteiger partial charge in [0.05, 0.1) is 20.3 Å². The first-order chi connectivity index (χ1) is 8.15. The quantitative estimate of drug-likeness (QED) is 0.834. The van der Waals surface area contributed by atoms with Crippen LogP contribution < -0.4 is 20.1 Å². The van der Waals surface area contributed by atoms with Gasteiger partial charge in [0.25, 0.3) is 0 Å². The molecule has 1 aromatic carbocycles. The highest BCUT2D eigenvalue weighted by Crippen LogP contribution is 2.32. The van der Waals surface area contributed by atoms with Gasteiger partial charge in [-0.3, -0.25) is 0 Å². The van der Waals surface area contributed by atoms with Crippen molar-refractivity contribution in [2.75, 3.05) is 20.8 Å². The first kappa shape index (κ1) is 11.5. The molecule has 2 rings (SSSR count). The van der Waals surface area contributed by atoms with E-state index in [0.717, 1.165) is 0 Å². The van der Waals surface area contributed by atoms with Gasteiger partial charge in [-0.15, -0.1) is 0 Å². The van der Waals surface area contributed by atoms with Gasteiger partial charge in [0.15, 0.2) is 11.5 Å². The van der Waals surface area contributed by atoms with E-state index in [0.29, 0.717) is 23.6 Å². The Balaban J connectivity index is 2.37. The van der Waals surface area contributed by atoms with Crippen LogP contribution in [0.4, 0.5) is 9.18 Å². The smallest absolute Gasteiger partial charge is 0.315 e. The first-order valence-electron chi connectivity index (χ1n) is 5.11. The summed E-state index contributed by atoms with van der Waals surface area (Å²) in [7, 11) is 2.92. The zero-order valence-electron chi connectivity index (χ0n) is 9.54. The second kappa shape index (κ2) is 4.48. The molecule has 0 bridgehead atoms. The Morgan fingerprint density at radius 2 is 1.94 bits per heavy atom. The lowest BCUT2D eigenvalue weighted by molar-refractivity contribution is 0.247. The largest absolute Gasteiger partial charge is 0.493 e. The van der Waals surface area contributed by atoms with Gasteiger partial charge in [-0.25, -0.2) is 9.18 Å². The summed E-state index contributed by atoms with van der Waals surface area (Å²) >= 11 is 0. The Hall–Kier alpha value is -1.98. The Kier molecular flexibility index (Phi) is 3.03. The van der Waals surface area contributed by atoms with Crippen molar-refractivity contribution < 1.29 is 18.7 Å². The molecule has 0 aliphatic carbocycles. The summed E-state index contributed by atoms with van der Waals surface area (Å²) in [6.45, 7) is 0.352. The summed E-state index contributed by atoms with van der Waals surface area (Å²) in [5, 5.41) is 5.19. The fourth-order valence-electron chi connectivity index (χ4n) is 1.78. The number of hydrogen-bond acceptors (Lipinski definition) is 3. The van der Waals surface area contributed by atoms with Crippen LogP contribution in [0.3, 0.4) is 0 Å². The van der Waals surface area contributed by atoms with Crippen LogP contribution in [-0.4, -0.2) is 26.8 Å². The molecular formula is C11H13FN2O3. The van der Waals surface area contributed by atoms with Crippen LogP contribution in [0.5, 0.6) is 11.5 Å². The number of amides is 2. The van der Waals surface area contributed by atoms with E-state index in [-0.39, 0.29) is 12.1 Å². The number of benzene rings is 1. The van der Waals surface area contributed by atoms with E-state index in [1.54, 1.807) is 0 Å². The molecule has 2 amide bonds. The summed E-state index contributed by atoms with van der Waals surface area (Å²) in [5.74, 6) is 0.327. The minimum absolute atomic E-state index is 0.302. The van der Waals surface area contributed by atoms with E-state index in [9.17, 15) is 9.18 Å². The second-order valence-electron chi connectivity index (χ2n) is 3.64. The maximum Gasteiger partial charge on any atom is 0.315 e. The number of rotatable bonds is 3. The number of methoxy groups -OCH3 is 2. The fraction of sp³-hybridized carbons (Fsp3) is 0.364. The molecule has 0 spiro atoms. The highest BCUT2D eigenvalue weighted by molar-refractivity contribution is 5.77. The SMILES string of the molecule is COc1cc(F)c([C@@H]2CNC(=O)N2)cc1OC. The molecule has 1 aliphatic heterocycles. The molecule has 17 heavy (non-hydrogen) atoms. The summed E-state index contributed by atoms with van der Waals surface area (Å²) < 4.78 is 23.9. The Bertz CT molecular complexity index is 451. The third kappa shape index (κ3) is 2.11. The molecule has 0 radical (unpaired) electrons. The molecule has 0 aromatic heterocycles. The number of carbonyl (C=O) groups excluding carboxylic acids is 1. The third-order valence-electron chi connectivity index (χ3n) is 2.65. The third-order valence-corrected chi connectivity index (χ3v) is 2.65. The predicted molar refractivity (Wildman–Crippen MR) is 58.8 cm³/mol. The van der Waals surface area contributed by atoms with E-state index >= 15 is 0 Å². The zero-order valence-corrected chi connectivity index (χ0v) is 9.54. The van der Waals surface area contributed by atoms with Crippen LogP contribution in [0.1, 0.15) is 11.6 Å². The predicted octanol–water partition coefficient (Wildman–Crippen LogP) is 1.20. The van der Waals surface area contributed by atoms with Gasteiger partial charge in [0, 0.05) is 18.2 Å². The zero-order chi connectivity index (χ0) is 12.4. The monoisotopic (exact) mass is 240 g/mol. The summed E-state index contributed by atoms with van der Waals surface area (Å²) in [6.07, 6.45) is 0. The minimum atomic E-state index is -0.434. The number of ether oxygens (including phenoxy) is 2. The van der Waals surface area contributed by atoms with Crippen molar-refractivity contribution in [3.63, 3.8) is 0 Å². The molecule has 0 saturated carbocycles. The summed E-state index contributed by atoms with van der Waals surface area (Å²) in [4.78, 5) is 11.0. The molecule has 92 valence electrons. The molecule has 1 aromatic rings. The van der Waals surface area contributed by atoms with E-state index in [1.165, 1.54) is 26.4 Å².